The normalized spacial score (nSPS) is 8.67. The third-order valence-corrected chi connectivity index (χ3v) is 0.854. The van der Waals surface area contributed by atoms with Gasteiger partial charge < -0.3 is 15.1 Å². The summed E-state index contributed by atoms with van der Waals surface area (Å²) in [7, 11) is 4.17. The molecule has 0 fully saturated rings. The van der Waals surface area contributed by atoms with Gasteiger partial charge in [-0.3, -0.25) is 0 Å². The molecule has 0 radical (unpaired) electrons. The van der Waals surface area contributed by atoms with E-state index in [2.05, 4.69) is 25.9 Å². The van der Waals surface area contributed by atoms with E-state index in [1.165, 1.54) is 13.0 Å². The molecule has 0 atom stereocenters. The van der Waals surface area contributed by atoms with Crippen LogP contribution in [0.25, 0.3) is 0 Å². The largest absolute Gasteiger partial charge is 0.473 e. The van der Waals surface area contributed by atoms with E-state index in [1.54, 1.807) is 0 Å². The summed E-state index contributed by atoms with van der Waals surface area (Å²) in [5.41, 5.74) is 0. The average Bonchev–Trinajstić information content (AvgIpc) is 1.87. The third-order valence-electron chi connectivity index (χ3n) is 0.854. The second kappa shape index (κ2) is 8.00. The standard InChI is InChI=1S/C5H13N.C2H2O4/c1-4-5-6(2)3;3-1(4)2(5)6/h4-5H2,1-3H3;(H,3,4)(H,5,6). The van der Waals surface area contributed by atoms with Crippen LogP contribution in [0.3, 0.4) is 0 Å². The molecule has 0 aromatic carbocycles. The molecule has 0 aromatic rings. The Hall–Kier alpha value is -1.10. The fourth-order valence-electron chi connectivity index (χ4n) is 0.447. The number of aliphatic carboxylic acids is 2. The Bertz CT molecular complexity index is 132. The molecule has 5 nitrogen and oxygen atoms in total. The second-order valence-electron chi connectivity index (χ2n) is 2.41. The van der Waals surface area contributed by atoms with Gasteiger partial charge in [-0.15, -0.1) is 0 Å². The van der Waals surface area contributed by atoms with Crippen molar-refractivity contribution in [1.82, 2.24) is 4.90 Å². The zero-order chi connectivity index (χ0) is 10.1. The minimum atomic E-state index is -1.82. The van der Waals surface area contributed by atoms with Gasteiger partial charge in [0.15, 0.2) is 0 Å². The molecule has 0 aliphatic heterocycles. The minimum Gasteiger partial charge on any atom is -0.473 e. The second-order valence-corrected chi connectivity index (χ2v) is 2.41. The van der Waals surface area contributed by atoms with Gasteiger partial charge in [-0.25, -0.2) is 9.59 Å². The van der Waals surface area contributed by atoms with Crippen LogP contribution >= 0.6 is 0 Å². The van der Waals surface area contributed by atoms with Gasteiger partial charge in [-0.05, 0) is 27.1 Å². The summed E-state index contributed by atoms with van der Waals surface area (Å²) in [5, 5.41) is 14.8. The lowest BCUT2D eigenvalue weighted by molar-refractivity contribution is -0.159. The van der Waals surface area contributed by atoms with Crippen molar-refractivity contribution in [2.75, 3.05) is 20.6 Å². The molecule has 72 valence electrons. The summed E-state index contributed by atoms with van der Waals surface area (Å²) in [4.78, 5) is 20.4. The number of carboxylic acid groups (broad SMARTS) is 2. The van der Waals surface area contributed by atoms with Gasteiger partial charge >= 0.3 is 11.9 Å². The van der Waals surface area contributed by atoms with Crippen molar-refractivity contribution in [3.8, 4) is 0 Å². The van der Waals surface area contributed by atoms with Gasteiger partial charge in [0.2, 0.25) is 0 Å². The Labute approximate surface area is 71.6 Å². The molecule has 5 heteroatoms. The highest BCUT2D eigenvalue weighted by atomic mass is 16.4. The highest BCUT2D eigenvalue weighted by Gasteiger charge is 2.04. The number of hydrogen-bond acceptors (Lipinski definition) is 3. The molecule has 0 heterocycles. The summed E-state index contributed by atoms with van der Waals surface area (Å²) >= 11 is 0. The lowest BCUT2D eigenvalue weighted by Gasteiger charge is -2.03. The molecule has 12 heavy (non-hydrogen) atoms. The van der Waals surface area contributed by atoms with Crippen molar-refractivity contribution in [2.45, 2.75) is 13.3 Å². The first-order valence-corrected chi connectivity index (χ1v) is 3.52. The summed E-state index contributed by atoms with van der Waals surface area (Å²) in [5.74, 6) is -3.65. The lowest BCUT2D eigenvalue weighted by atomic mass is 10.5. The van der Waals surface area contributed by atoms with Crippen molar-refractivity contribution >= 4 is 11.9 Å². The van der Waals surface area contributed by atoms with Crippen molar-refractivity contribution in [3.63, 3.8) is 0 Å². The summed E-state index contributed by atoms with van der Waals surface area (Å²) in [6.45, 7) is 3.39. The molecule has 0 unspecified atom stereocenters. The Morgan fingerprint density at radius 1 is 1.17 bits per heavy atom. The fraction of sp³-hybridized carbons (Fsp3) is 0.714. The van der Waals surface area contributed by atoms with Crippen molar-refractivity contribution in [3.05, 3.63) is 0 Å². The summed E-state index contributed by atoms with van der Waals surface area (Å²) < 4.78 is 0. The first-order chi connectivity index (χ1) is 5.41. The predicted molar refractivity (Wildman–Crippen MR) is 44.1 cm³/mol. The molecule has 0 rings (SSSR count). The Balaban J connectivity index is 0. The number of carbonyl (C=O) groups is 2. The highest BCUT2D eigenvalue weighted by Crippen LogP contribution is 1.76. The molecule has 0 aliphatic rings. The first-order valence-electron chi connectivity index (χ1n) is 3.52. The average molecular weight is 177 g/mol. The Morgan fingerprint density at radius 2 is 1.50 bits per heavy atom. The van der Waals surface area contributed by atoms with E-state index in [0.29, 0.717) is 0 Å². The van der Waals surface area contributed by atoms with Crippen LogP contribution < -0.4 is 0 Å². The summed E-state index contributed by atoms with van der Waals surface area (Å²) in [6, 6.07) is 0. The third kappa shape index (κ3) is 16.0. The Morgan fingerprint density at radius 3 is 1.50 bits per heavy atom. The smallest absolute Gasteiger partial charge is 0.414 e. The molecule has 0 saturated carbocycles. The van der Waals surface area contributed by atoms with Crippen LogP contribution in [-0.2, 0) is 9.59 Å². The van der Waals surface area contributed by atoms with Crippen LogP contribution in [-0.4, -0.2) is 47.7 Å². The van der Waals surface area contributed by atoms with E-state index in [0.717, 1.165) is 0 Å². The minimum absolute atomic E-state index is 1.21. The summed E-state index contributed by atoms with van der Waals surface area (Å²) in [6.07, 6.45) is 1.26. The maximum absolute atomic E-state index is 9.10. The van der Waals surface area contributed by atoms with E-state index in [9.17, 15) is 0 Å². The van der Waals surface area contributed by atoms with E-state index in [-0.39, 0.29) is 0 Å². The topological polar surface area (TPSA) is 77.8 Å². The van der Waals surface area contributed by atoms with Gasteiger partial charge in [-0.1, -0.05) is 6.92 Å². The molecule has 0 aromatic heterocycles. The fourth-order valence-corrected chi connectivity index (χ4v) is 0.447. The molecule has 0 aliphatic carbocycles. The van der Waals surface area contributed by atoms with Gasteiger partial charge in [0, 0.05) is 0 Å². The molecular weight excluding hydrogens is 162 g/mol. The maximum atomic E-state index is 9.10. The first kappa shape index (κ1) is 13.5. The number of hydrogen-bond donors (Lipinski definition) is 2. The maximum Gasteiger partial charge on any atom is 0.414 e. The van der Waals surface area contributed by atoms with Crippen molar-refractivity contribution in [2.24, 2.45) is 0 Å². The van der Waals surface area contributed by atoms with Gasteiger partial charge in [0.05, 0.1) is 0 Å². The quantitative estimate of drug-likeness (QED) is 0.585. The highest BCUT2D eigenvalue weighted by molar-refractivity contribution is 6.27. The van der Waals surface area contributed by atoms with E-state index in [1.807, 2.05) is 0 Å². The van der Waals surface area contributed by atoms with Gasteiger partial charge in [0.1, 0.15) is 0 Å². The number of carboxylic acids is 2. The van der Waals surface area contributed by atoms with Crippen LogP contribution in [0.15, 0.2) is 0 Å². The van der Waals surface area contributed by atoms with Crippen molar-refractivity contribution in [1.29, 1.82) is 0 Å². The molecule has 2 N–H and O–H groups in total. The van der Waals surface area contributed by atoms with Crippen LogP contribution in [0, 0.1) is 0 Å². The van der Waals surface area contributed by atoms with E-state index < -0.39 is 11.9 Å². The molecule has 0 amide bonds. The zero-order valence-corrected chi connectivity index (χ0v) is 7.57. The molecule has 0 spiro atoms. The number of nitrogens with zero attached hydrogens (tertiary/aromatic N) is 1. The van der Waals surface area contributed by atoms with Crippen LogP contribution in [0.1, 0.15) is 13.3 Å². The zero-order valence-electron chi connectivity index (χ0n) is 7.57. The van der Waals surface area contributed by atoms with Crippen LogP contribution in [0.4, 0.5) is 0 Å². The molecule has 0 bridgehead atoms. The molecule has 0 saturated heterocycles. The van der Waals surface area contributed by atoms with Crippen LogP contribution in [0.2, 0.25) is 0 Å². The predicted octanol–water partition coefficient (Wildman–Crippen LogP) is 0.114. The van der Waals surface area contributed by atoms with Gasteiger partial charge in [-0.2, -0.15) is 0 Å². The lowest BCUT2D eigenvalue weighted by Crippen LogP contribution is -2.11. The van der Waals surface area contributed by atoms with Crippen molar-refractivity contribution < 1.29 is 19.8 Å². The SMILES string of the molecule is CCCN(C)C.O=C(O)C(=O)O. The van der Waals surface area contributed by atoms with Crippen LogP contribution in [0.5, 0.6) is 0 Å². The molecular formula is C7H15NO4. The van der Waals surface area contributed by atoms with E-state index in [4.69, 9.17) is 19.8 Å². The van der Waals surface area contributed by atoms with E-state index >= 15 is 0 Å². The number of rotatable bonds is 2. The van der Waals surface area contributed by atoms with Gasteiger partial charge in [0.25, 0.3) is 0 Å². The Kier molecular flexibility index (Phi) is 8.99. The monoisotopic (exact) mass is 177 g/mol.